The first-order valence-electron chi connectivity index (χ1n) is 6.05. The van der Waals surface area contributed by atoms with Crippen LogP contribution < -0.4 is 11.1 Å². The summed E-state index contributed by atoms with van der Waals surface area (Å²) in [5.74, 6) is 1.02. The summed E-state index contributed by atoms with van der Waals surface area (Å²) in [6.45, 7) is 5.96. The molecule has 0 radical (unpaired) electrons. The zero-order chi connectivity index (χ0) is 11.6. The fourth-order valence-electron chi connectivity index (χ4n) is 2.90. The average Bonchev–Trinajstić information content (AvgIpc) is 2.30. The predicted molar refractivity (Wildman–Crippen MR) is 67.5 cm³/mol. The zero-order valence-electron chi connectivity index (χ0n) is 9.87. The number of piperazine rings is 1. The Morgan fingerprint density at radius 1 is 1.50 bits per heavy atom. The second kappa shape index (κ2) is 4.94. The van der Waals surface area contributed by atoms with E-state index in [1.807, 2.05) is 11.8 Å². The molecule has 5 heteroatoms. The molecule has 4 nitrogen and oxygen atoms in total. The first-order chi connectivity index (χ1) is 7.68. The summed E-state index contributed by atoms with van der Waals surface area (Å²) in [5.41, 5.74) is 5.31. The Balaban J connectivity index is 2.22. The van der Waals surface area contributed by atoms with Crippen LogP contribution in [0.4, 0.5) is 0 Å². The number of carbonyl (C=O) groups excluding carboxylic acids is 1. The first kappa shape index (κ1) is 12.2. The molecule has 2 fully saturated rings. The van der Waals surface area contributed by atoms with E-state index >= 15 is 0 Å². The SMILES string of the molecule is CC1SCCCC1(C(N)=O)N1CCNCC1. The van der Waals surface area contributed by atoms with Crippen LogP contribution in [0, 0.1) is 0 Å². The number of carbonyl (C=O) groups is 1. The number of hydrogen-bond donors (Lipinski definition) is 2. The Hall–Kier alpha value is -0.260. The third-order valence-corrected chi connectivity index (χ3v) is 5.26. The maximum absolute atomic E-state index is 11.9. The van der Waals surface area contributed by atoms with Crippen LogP contribution in [0.2, 0.25) is 0 Å². The number of nitrogens with one attached hydrogen (secondary N) is 1. The molecule has 0 aromatic carbocycles. The number of primary amides is 1. The van der Waals surface area contributed by atoms with Gasteiger partial charge in [-0.05, 0) is 18.6 Å². The maximum Gasteiger partial charge on any atom is 0.239 e. The van der Waals surface area contributed by atoms with E-state index in [2.05, 4.69) is 17.1 Å². The second-order valence-electron chi connectivity index (χ2n) is 4.64. The van der Waals surface area contributed by atoms with Crippen LogP contribution in [0.3, 0.4) is 0 Å². The fraction of sp³-hybridized carbons (Fsp3) is 0.909. The highest BCUT2D eigenvalue weighted by atomic mass is 32.2. The topological polar surface area (TPSA) is 58.4 Å². The highest BCUT2D eigenvalue weighted by Gasteiger charge is 2.48. The molecule has 0 saturated carbocycles. The van der Waals surface area contributed by atoms with Crippen molar-refractivity contribution in [3.63, 3.8) is 0 Å². The average molecular weight is 243 g/mol. The van der Waals surface area contributed by atoms with Gasteiger partial charge in [0.05, 0.1) is 0 Å². The predicted octanol–water partition coefficient (Wildman–Crippen LogP) is 0.0312. The van der Waals surface area contributed by atoms with E-state index in [0.29, 0.717) is 5.25 Å². The highest BCUT2D eigenvalue weighted by molar-refractivity contribution is 8.00. The number of amides is 1. The van der Waals surface area contributed by atoms with Gasteiger partial charge in [-0.2, -0.15) is 11.8 Å². The van der Waals surface area contributed by atoms with Crippen LogP contribution >= 0.6 is 11.8 Å². The molecule has 2 rings (SSSR count). The van der Waals surface area contributed by atoms with Gasteiger partial charge in [-0.15, -0.1) is 0 Å². The van der Waals surface area contributed by atoms with Crippen molar-refractivity contribution in [3.8, 4) is 0 Å². The van der Waals surface area contributed by atoms with Crippen LogP contribution in [0.15, 0.2) is 0 Å². The lowest BCUT2D eigenvalue weighted by atomic mass is 9.86. The zero-order valence-corrected chi connectivity index (χ0v) is 10.7. The molecule has 2 aliphatic heterocycles. The summed E-state index contributed by atoms with van der Waals surface area (Å²) in [6.07, 6.45) is 2.03. The van der Waals surface area contributed by atoms with Crippen LogP contribution in [0.5, 0.6) is 0 Å². The molecule has 16 heavy (non-hydrogen) atoms. The van der Waals surface area contributed by atoms with Gasteiger partial charge in [-0.25, -0.2) is 0 Å². The molecule has 0 spiro atoms. The van der Waals surface area contributed by atoms with Crippen LogP contribution in [0.1, 0.15) is 19.8 Å². The summed E-state index contributed by atoms with van der Waals surface area (Å²) < 4.78 is 0. The molecule has 0 aromatic heterocycles. The number of rotatable bonds is 2. The summed E-state index contributed by atoms with van der Waals surface area (Å²) in [7, 11) is 0. The normalized spacial score (nSPS) is 37.2. The van der Waals surface area contributed by atoms with Gasteiger partial charge >= 0.3 is 0 Å². The Bertz CT molecular complexity index is 268. The molecule has 2 unspecified atom stereocenters. The Labute approximate surface area is 101 Å². The van der Waals surface area contributed by atoms with Crippen molar-refractivity contribution in [3.05, 3.63) is 0 Å². The summed E-state index contributed by atoms with van der Waals surface area (Å²) in [5, 5.41) is 3.64. The van der Waals surface area contributed by atoms with E-state index in [-0.39, 0.29) is 5.91 Å². The van der Waals surface area contributed by atoms with E-state index in [0.717, 1.165) is 44.8 Å². The van der Waals surface area contributed by atoms with E-state index in [9.17, 15) is 4.79 Å². The van der Waals surface area contributed by atoms with Gasteiger partial charge in [-0.1, -0.05) is 6.92 Å². The number of thioether (sulfide) groups is 1. The van der Waals surface area contributed by atoms with Gasteiger partial charge in [0.2, 0.25) is 5.91 Å². The van der Waals surface area contributed by atoms with Gasteiger partial charge in [0.15, 0.2) is 0 Å². The van der Waals surface area contributed by atoms with Gasteiger partial charge in [0.25, 0.3) is 0 Å². The van der Waals surface area contributed by atoms with E-state index in [4.69, 9.17) is 5.73 Å². The van der Waals surface area contributed by atoms with E-state index in [1.54, 1.807) is 0 Å². The third-order valence-electron chi connectivity index (χ3n) is 3.85. The molecular weight excluding hydrogens is 222 g/mol. The molecule has 1 amide bonds. The molecule has 2 atom stereocenters. The first-order valence-corrected chi connectivity index (χ1v) is 7.10. The minimum Gasteiger partial charge on any atom is -0.368 e. The van der Waals surface area contributed by atoms with Crippen molar-refractivity contribution in [1.82, 2.24) is 10.2 Å². The van der Waals surface area contributed by atoms with Gasteiger partial charge in [0, 0.05) is 31.4 Å². The van der Waals surface area contributed by atoms with Crippen molar-refractivity contribution in [2.75, 3.05) is 31.9 Å². The lowest BCUT2D eigenvalue weighted by molar-refractivity contribution is -0.131. The summed E-state index contributed by atoms with van der Waals surface area (Å²) >= 11 is 1.88. The minimum absolute atomic E-state index is 0.130. The molecule has 0 aliphatic carbocycles. The molecule has 2 saturated heterocycles. The molecule has 0 bridgehead atoms. The second-order valence-corrected chi connectivity index (χ2v) is 6.09. The molecular formula is C11H21N3OS. The Kier molecular flexibility index (Phi) is 3.77. The monoisotopic (exact) mass is 243 g/mol. The van der Waals surface area contributed by atoms with E-state index < -0.39 is 5.54 Å². The largest absolute Gasteiger partial charge is 0.368 e. The van der Waals surface area contributed by atoms with Crippen LogP contribution in [-0.2, 0) is 4.79 Å². The lowest BCUT2D eigenvalue weighted by Crippen LogP contribution is -2.67. The molecule has 3 N–H and O–H groups in total. The molecule has 2 aliphatic rings. The third kappa shape index (κ3) is 1.96. The summed E-state index contributed by atoms with van der Waals surface area (Å²) in [6, 6.07) is 0. The molecule has 2 heterocycles. The van der Waals surface area contributed by atoms with Crippen molar-refractivity contribution < 1.29 is 4.79 Å². The lowest BCUT2D eigenvalue weighted by Gasteiger charge is -2.49. The van der Waals surface area contributed by atoms with Crippen molar-refractivity contribution >= 4 is 17.7 Å². The molecule has 92 valence electrons. The smallest absolute Gasteiger partial charge is 0.239 e. The van der Waals surface area contributed by atoms with Gasteiger partial charge < -0.3 is 11.1 Å². The maximum atomic E-state index is 11.9. The number of nitrogens with zero attached hydrogens (tertiary/aromatic N) is 1. The van der Waals surface area contributed by atoms with Gasteiger partial charge in [0.1, 0.15) is 5.54 Å². The summed E-state index contributed by atoms with van der Waals surface area (Å²) in [4.78, 5) is 14.2. The van der Waals surface area contributed by atoms with Crippen LogP contribution in [-0.4, -0.2) is 53.5 Å². The molecule has 0 aromatic rings. The van der Waals surface area contributed by atoms with Gasteiger partial charge in [-0.3, -0.25) is 9.69 Å². The number of nitrogens with two attached hydrogens (primary N) is 1. The van der Waals surface area contributed by atoms with Crippen LogP contribution in [0.25, 0.3) is 0 Å². The van der Waals surface area contributed by atoms with Crippen molar-refractivity contribution in [2.24, 2.45) is 5.73 Å². The Morgan fingerprint density at radius 2 is 2.19 bits per heavy atom. The van der Waals surface area contributed by atoms with Crippen molar-refractivity contribution in [2.45, 2.75) is 30.6 Å². The Morgan fingerprint density at radius 3 is 2.75 bits per heavy atom. The van der Waals surface area contributed by atoms with Crippen molar-refractivity contribution in [1.29, 1.82) is 0 Å². The standard InChI is InChI=1S/C11H21N3OS/c1-9-11(10(12)15,3-2-8-16-9)14-6-4-13-5-7-14/h9,13H,2-8H2,1H3,(H2,12,15). The van der Waals surface area contributed by atoms with E-state index in [1.165, 1.54) is 0 Å². The quantitative estimate of drug-likeness (QED) is 0.718. The fourth-order valence-corrected chi connectivity index (χ4v) is 4.22. The minimum atomic E-state index is -0.398. The number of hydrogen-bond acceptors (Lipinski definition) is 4. The highest BCUT2D eigenvalue weighted by Crippen LogP contribution is 2.38.